The summed E-state index contributed by atoms with van der Waals surface area (Å²) in [5.41, 5.74) is -0.121. The third-order valence-corrected chi connectivity index (χ3v) is 7.44. The van der Waals surface area contributed by atoms with Gasteiger partial charge in [0.05, 0.1) is 6.04 Å². The molecule has 0 spiro atoms. The molecule has 1 N–H and O–H groups in total. The molecule has 3 saturated heterocycles. The van der Waals surface area contributed by atoms with Gasteiger partial charge < -0.3 is 19.7 Å². The molecular formula is C29H35N3O5. The number of ether oxygens (including phenoxy) is 2. The number of hydrogen-bond donors (Lipinski definition) is 1. The van der Waals surface area contributed by atoms with E-state index in [0.717, 1.165) is 11.1 Å². The van der Waals surface area contributed by atoms with Crippen molar-refractivity contribution in [2.75, 3.05) is 26.2 Å². The highest BCUT2D eigenvalue weighted by molar-refractivity contribution is 5.90. The van der Waals surface area contributed by atoms with Crippen molar-refractivity contribution >= 4 is 17.8 Å². The monoisotopic (exact) mass is 505 g/mol. The van der Waals surface area contributed by atoms with E-state index in [1.54, 1.807) is 4.90 Å². The van der Waals surface area contributed by atoms with Gasteiger partial charge >= 0.3 is 12.1 Å². The lowest BCUT2D eigenvalue weighted by Gasteiger charge is -2.46. The topological polar surface area (TPSA) is 88.2 Å². The Morgan fingerprint density at radius 2 is 1.51 bits per heavy atom. The summed E-state index contributed by atoms with van der Waals surface area (Å²) in [4.78, 5) is 43.5. The molecule has 3 aliphatic heterocycles. The second-order valence-corrected chi connectivity index (χ2v) is 11.0. The molecule has 3 heterocycles. The summed E-state index contributed by atoms with van der Waals surface area (Å²) in [6, 6.07) is 18.2. The van der Waals surface area contributed by atoms with Crippen LogP contribution in [0.25, 0.3) is 0 Å². The average molecular weight is 506 g/mol. The standard InChI is InChI=1S/C29H35N3O5/c1-28(2,3)37-27(35)31-16-14-20(15-17-31)25(33)23-18-30-19-24-26(34)36-29(32(23)24,21-10-6-4-7-11-21)22-12-8-5-9-13-22/h4-13,20,23-24,30H,14-19H2,1-3H3. The summed E-state index contributed by atoms with van der Waals surface area (Å²) in [5.74, 6) is -0.475. The fraction of sp³-hybridized carbons (Fsp3) is 0.483. The number of cyclic esters (lactones) is 1. The minimum Gasteiger partial charge on any atom is -0.444 e. The quantitative estimate of drug-likeness (QED) is 0.638. The van der Waals surface area contributed by atoms with E-state index in [0.29, 0.717) is 39.0 Å². The van der Waals surface area contributed by atoms with E-state index in [-0.39, 0.29) is 23.8 Å². The van der Waals surface area contributed by atoms with Gasteiger partial charge in [0.25, 0.3) is 0 Å². The van der Waals surface area contributed by atoms with Crippen molar-refractivity contribution in [2.45, 2.75) is 57.0 Å². The van der Waals surface area contributed by atoms with Crippen LogP contribution in [0.15, 0.2) is 60.7 Å². The zero-order valence-electron chi connectivity index (χ0n) is 21.7. The number of fused-ring (bicyclic) bond motifs is 1. The van der Waals surface area contributed by atoms with E-state index in [9.17, 15) is 14.4 Å². The molecule has 5 rings (SSSR count). The molecule has 2 aromatic rings. The third-order valence-electron chi connectivity index (χ3n) is 7.44. The largest absolute Gasteiger partial charge is 0.444 e. The summed E-state index contributed by atoms with van der Waals surface area (Å²) in [6.45, 7) is 7.32. The Hall–Kier alpha value is -3.23. The number of hydrogen-bond acceptors (Lipinski definition) is 7. The van der Waals surface area contributed by atoms with Crippen molar-refractivity contribution in [3.63, 3.8) is 0 Å². The van der Waals surface area contributed by atoms with Crippen molar-refractivity contribution in [2.24, 2.45) is 5.92 Å². The summed E-state index contributed by atoms with van der Waals surface area (Å²) >= 11 is 0. The number of carbonyl (C=O) groups is 3. The highest BCUT2D eigenvalue weighted by Crippen LogP contribution is 2.46. The van der Waals surface area contributed by atoms with Crippen molar-refractivity contribution in [1.29, 1.82) is 0 Å². The summed E-state index contributed by atoms with van der Waals surface area (Å²) in [5, 5.41) is 3.30. The van der Waals surface area contributed by atoms with Crippen molar-refractivity contribution in [1.82, 2.24) is 15.1 Å². The van der Waals surface area contributed by atoms with Crippen molar-refractivity contribution in [3.05, 3.63) is 71.8 Å². The number of rotatable bonds is 4. The Bertz CT molecular complexity index is 1100. The number of esters is 1. The van der Waals surface area contributed by atoms with Crippen LogP contribution < -0.4 is 5.32 Å². The maximum atomic E-state index is 14.1. The number of ketones is 1. The minimum atomic E-state index is -1.19. The highest BCUT2D eigenvalue weighted by Gasteiger charge is 2.60. The molecule has 1 amide bonds. The molecule has 2 aromatic carbocycles. The maximum Gasteiger partial charge on any atom is 0.410 e. The van der Waals surface area contributed by atoms with Gasteiger partial charge in [0.1, 0.15) is 11.6 Å². The zero-order chi connectivity index (χ0) is 26.2. The molecule has 0 bridgehead atoms. The number of likely N-dealkylation sites (tertiary alicyclic amines) is 1. The van der Waals surface area contributed by atoms with Crippen molar-refractivity contribution < 1.29 is 23.9 Å². The number of piperidine rings is 1. The number of nitrogens with one attached hydrogen (secondary N) is 1. The Kier molecular flexibility index (Phi) is 6.81. The van der Waals surface area contributed by atoms with Gasteiger partial charge in [-0.2, -0.15) is 0 Å². The van der Waals surface area contributed by atoms with E-state index in [2.05, 4.69) is 5.32 Å². The zero-order valence-corrected chi connectivity index (χ0v) is 21.7. The summed E-state index contributed by atoms with van der Waals surface area (Å²) in [6.07, 6.45) is 0.778. The molecule has 0 saturated carbocycles. The Labute approximate surface area is 217 Å². The minimum absolute atomic E-state index is 0.0792. The lowest BCUT2D eigenvalue weighted by Crippen LogP contribution is -2.65. The number of amides is 1. The summed E-state index contributed by atoms with van der Waals surface area (Å²) < 4.78 is 11.8. The number of Topliss-reactive ketones (excluding diaryl/α,β-unsaturated/α-hetero) is 1. The van der Waals surface area contributed by atoms with Gasteiger partial charge in [-0.05, 0) is 33.6 Å². The van der Waals surface area contributed by atoms with Gasteiger partial charge in [0, 0.05) is 43.2 Å². The van der Waals surface area contributed by atoms with Crippen LogP contribution in [0.3, 0.4) is 0 Å². The summed E-state index contributed by atoms with van der Waals surface area (Å²) in [7, 11) is 0. The van der Waals surface area contributed by atoms with E-state index >= 15 is 0 Å². The van der Waals surface area contributed by atoms with Gasteiger partial charge in [-0.1, -0.05) is 60.7 Å². The van der Waals surface area contributed by atoms with Crippen LogP contribution in [0.5, 0.6) is 0 Å². The smallest absolute Gasteiger partial charge is 0.410 e. The van der Waals surface area contributed by atoms with E-state index < -0.39 is 23.4 Å². The Balaban J connectivity index is 1.44. The molecule has 0 aromatic heterocycles. The van der Waals surface area contributed by atoms with Crippen LogP contribution in [-0.2, 0) is 24.8 Å². The normalized spacial score (nSPS) is 24.3. The molecule has 3 aliphatic rings. The second-order valence-electron chi connectivity index (χ2n) is 11.0. The fourth-order valence-electron chi connectivity index (χ4n) is 5.77. The second kappa shape index (κ2) is 9.91. The van der Waals surface area contributed by atoms with Crippen LogP contribution in [0.2, 0.25) is 0 Å². The van der Waals surface area contributed by atoms with E-state index in [4.69, 9.17) is 9.47 Å². The van der Waals surface area contributed by atoms with E-state index in [1.165, 1.54) is 0 Å². The number of carbonyl (C=O) groups excluding carboxylic acids is 3. The molecule has 8 heteroatoms. The lowest BCUT2D eigenvalue weighted by molar-refractivity contribution is -0.153. The lowest BCUT2D eigenvalue weighted by atomic mass is 9.84. The first-order chi connectivity index (χ1) is 17.7. The van der Waals surface area contributed by atoms with Gasteiger partial charge in [-0.15, -0.1) is 0 Å². The van der Waals surface area contributed by atoms with Crippen LogP contribution in [0, 0.1) is 5.92 Å². The molecule has 0 radical (unpaired) electrons. The SMILES string of the molecule is CC(C)(C)OC(=O)N1CCC(C(=O)C2CNCC3C(=O)OC(c4ccccc4)(c4ccccc4)N32)CC1. The number of nitrogens with zero attached hydrogens (tertiary/aromatic N) is 2. The Morgan fingerprint density at radius 3 is 2.05 bits per heavy atom. The molecule has 0 aliphatic carbocycles. The maximum absolute atomic E-state index is 14.1. The number of benzene rings is 2. The van der Waals surface area contributed by atoms with Crippen LogP contribution >= 0.6 is 0 Å². The first-order valence-corrected chi connectivity index (χ1v) is 13.1. The third kappa shape index (κ3) is 4.76. The fourth-order valence-corrected chi connectivity index (χ4v) is 5.77. The van der Waals surface area contributed by atoms with Crippen LogP contribution in [-0.4, -0.2) is 71.5 Å². The van der Waals surface area contributed by atoms with Crippen LogP contribution in [0.1, 0.15) is 44.7 Å². The molecule has 37 heavy (non-hydrogen) atoms. The van der Waals surface area contributed by atoms with Crippen LogP contribution in [0.4, 0.5) is 4.79 Å². The molecule has 8 nitrogen and oxygen atoms in total. The predicted octanol–water partition coefficient (Wildman–Crippen LogP) is 3.30. The van der Waals surface area contributed by atoms with Gasteiger partial charge in [-0.3, -0.25) is 9.59 Å². The van der Waals surface area contributed by atoms with Gasteiger partial charge in [0.2, 0.25) is 5.72 Å². The first-order valence-electron chi connectivity index (χ1n) is 13.1. The molecule has 3 fully saturated rings. The molecule has 2 atom stereocenters. The van der Waals surface area contributed by atoms with Crippen molar-refractivity contribution in [3.8, 4) is 0 Å². The molecule has 196 valence electrons. The Morgan fingerprint density at radius 1 is 0.946 bits per heavy atom. The van der Waals surface area contributed by atoms with Gasteiger partial charge in [0.15, 0.2) is 5.78 Å². The van der Waals surface area contributed by atoms with Gasteiger partial charge in [-0.25, -0.2) is 9.69 Å². The molecular weight excluding hydrogens is 470 g/mol. The first kappa shape index (κ1) is 25.4. The average Bonchev–Trinajstić information content (AvgIpc) is 3.22. The van der Waals surface area contributed by atoms with E-state index in [1.807, 2.05) is 86.3 Å². The predicted molar refractivity (Wildman–Crippen MR) is 138 cm³/mol. The molecule has 2 unspecified atom stereocenters. The highest BCUT2D eigenvalue weighted by atomic mass is 16.6. The number of piperazine rings is 1.